The number of ether oxygens (including phenoxy) is 1. The van der Waals surface area contributed by atoms with Gasteiger partial charge in [-0.1, -0.05) is 17.7 Å². The van der Waals surface area contributed by atoms with Crippen LogP contribution in [0.15, 0.2) is 18.2 Å². The summed E-state index contributed by atoms with van der Waals surface area (Å²) in [5.41, 5.74) is 8.04. The SMILES string of the molecule is CC(N)c1ccc(N(C)CC2CCOCC2)cc1Cl. The molecule has 3 nitrogen and oxygen atoms in total. The van der Waals surface area contributed by atoms with E-state index in [1.807, 2.05) is 19.1 Å². The summed E-state index contributed by atoms with van der Waals surface area (Å²) < 4.78 is 5.39. The Morgan fingerprint density at radius 1 is 1.42 bits per heavy atom. The van der Waals surface area contributed by atoms with E-state index in [9.17, 15) is 0 Å². The van der Waals surface area contributed by atoms with Crippen LogP contribution >= 0.6 is 11.6 Å². The summed E-state index contributed by atoms with van der Waals surface area (Å²) in [5, 5.41) is 0.756. The van der Waals surface area contributed by atoms with Crippen LogP contribution in [-0.2, 0) is 4.74 Å². The molecule has 1 aliphatic heterocycles. The van der Waals surface area contributed by atoms with Gasteiger partial charge < -0.3 is 15.4 Å². The predicted octanol–water partition coefficient (Wildman–Crippen LogP) is 3.22. The van der Waals surface area contributed by atoms with Crippen molar-refractivity contribution < 1.29 is 4.74 Å². The lowest BCUT2D eigenvalue weighted by atomic mass is 9.99. The minimum Gasteiger partial charge on any atom is -0.381 e. The van der Waals surface area contributed by atoms with E-state index >= 15 is 0 Å². The number of nitrogens with zero attached hydrogens (tertiary/aromatic N) is 1. The van der Waals surface area contributed by atoms with Crippen molar-refractivity contribution in [2.75, 3.05) is 31.7 Å². The molecule has 1 unspecified atom stereocenters. The fourth-order valence-electron chi connectivity index (χ4n) is 2.54. The Bertz CT molecular complexity index is 417. The zero-order chi connectivity index (χ0) is 13.8. The smallest absolute Gasteiger partial charge is 0.0474 e. The van der Waals surface area contributed by atoms with Crippen LogP contribution in [0, 0.1) is 5.92 Å². The molecule has 1 atom stereocenters. The Hall–Kier alpha value is -0.770. The van der Waals surface area contributed by atoms with Gasteiger partial charge in [-0.3, -0.25) is 0 Å². The summed E-state index contributed by atoms with van der Waals surface area (Å²) in [6.07, 6.45) is 2.30. The molecule has 0 aliphatic carbocycles. The van der Waals surface area contributed by atoms with Crippen LogP contribution in [-0.4, -0.2) is 26.8 Å². The van der Waals surface area contributed by atoms with Gasteiger partial charge >= 0.3 is 0 Å². The lowest BCUT2D eigenvalue weighted by Gasteiger charge is -2.28. The molecule has 19 heavy (non-hydrogen) atoms. The number of rotatable bonds is 4. The standard InChI is InChI=1S/C15H23ClN2O/c1-11(17)14-4-3-13(9-15(14)16)18(2)10-12-5-7-19-8-6-12/h3-4,9,11-12H,5-8,10,17H2,1-2H3. The highest BCUT2D eigenvalue weighted by Crippen LogP contribution is 2.27. The molecule has 1 aliphatic rings. The van der Waals surface area contributed by atoms with Gasteiger partial charge in [0.25, 0.3) is 0 Å². The van der Waals surface area contributed by atoms with E-state index in [0.29, 0.717) is 5.92 Å². The molecule has 106 valence electrons. The molecule has 1 aromatic carbocycles. The van der Waals surface area contributed by atoms with Gasteiger partial charge in [-0.05, 0) is 43.4 Å². The molecule has 1 aromatic rings. The maximum atomic E-state index is 6.28. The van der Waals surface area contributed by atoms with E-state index in [1.54, 1.807) is 0 Å². The predicted molar refractivity (Wildman–Crippen MR) is 80.9 cm³/mol. The lowest BCUT2D eigenvalue weighted by Crippen LogP contribution is -2.29. The Kier molecular flexibility index (Phi) is 5.08. The van der Waals surface area contributed by atoms with Gasteiger partial charge in [-0.2, -0.15) is 0 Å². The Morgan fingerprint density at radius 2 is 2.11 bits per heavy atom. The van der Waals surface area contributed by atoms with Gasteiger partial charge in [-0.15, -0.1) is 0 Å². The number of benzene rings is 1. The highest BCUT2D eigenvalue weighted by atomic mass is 35.5. The van der Waals surface area contributed by atoms with Crippen LogP contribution in [0.2, 0.25) is 5.02 Å². The topological polar surface area (TPSA) is 38.5 Å². The molecule has 0 saturated carbocycles. The van der Waals surface area contributed by atoms with Crippen molar-refractivity contribution in [3.05, 3.63) is 28.8 Å². The van der Waals surface area contributed by atoms with Gasteiger partial charge in [0.1, 0.15) is 0 Å². The van der Waals surface area contributed by atoms with Crippen LogP contribution in [0.4, 0.5) is 5.69 Å². The largest absolute Gasteiger partial charge is 0.381 e. The lowest BCUT2D eigenvalue weighted by molar-refractivity contribution is 0.0685. The van der Waals surface area contributed by atoms with Crippen molar-refractivity contribution in [2.24, 2.45) is 11.7 Å². The van der Waals surface area contributed by atoms with Gasteiger partial charge in [0.2, 0.25) is 0 Å². The van der Waals surface area contributed by atoms with Crippen molar-refractivity contribution in [1.29, 1.82) is 0 Å². The number of hydrogen-bond donors (Lipinski definition) is 1. The van der Waals surface area contributed by atoms with Crippen molar-refractivity contribution >= 4 is 17.3 Å². The van der Waals surface area contributed by atoms with Crippen LogP contribution in [0.3, 0.4) is 0 Å². The van der Waals surface area contributed by atoms with Crippen LogP contribution < -0.4 is 10.6 Å². The quantitative estimate of drug-likeness (QED) is 0.921. The first-order valence-corrected chi connectivity index (χ1v) is 7.29. The van der Waals surface area contributed by atoms with Gasteiger partial charge in [0.05, 0.1) is 0 Å². The van der Waals surface area contributed by atoms with Gasteiger partial charge in [0.15, 0.2) is 0 Å². The van der Waals surface area contributed by atoms with Crippen LogP contribution in [0.5, 0.6) is 0 Å². The maximum absolute atomic E-state index is 6.28. The minimum absolute atomic E-state index is 0.0256. The third kappa shape index (κ3) is 3.85. The average Bonchev–Trinajstić information content (AvgIpc) is 2.39. The molecule has 4 heteroatoms. The summed E-state index contributed by atoms with van der Waals surface area (Å²) in [6, 6.07) is 6.12. The molecule has 0 amide bonds. The number of hydrogen-bond acceptors (Lipinski definition) is 3. The Labute approximate surface area is 120 Å². The summed E-state index contributed by atoms with van der Waals surface area (Å²) in [4.78, 5) is 2.27. The number of anilines is 1. The molecule has 2 rings (SSSR count). The van der Waals surface area contributed by atoms with Crippen molar-refractivity contribution in [3.63, 3.8) is 0 Å². The normalized spacial score (nSPS) is 18.3. The fourth-order valence-corrected chi connectivity index (χ4v) is 2.89. The highest BCUT2D eigenvalue weighted by molar-refractivity contribution is 6.31. The van der Waals surface area contributed by atoms with Crippen molar-refractivity contribution in [2.45, 2.75) is 25.8 Å². The van der Waals surface area contributed by atoms with Crippen LogP contribution in [0.25, 0.3) is 0 Å². The molecule has 0 spiro atoms. The molecule has 0 radical (unpaired) electrons. The second-order valence-corrected chi connectivity index (χ2v) is 5.84. The Morgan fingerprint density at radius 3 is 2.68 bits per heavy atom. The van der Waals surface area contributed by atoms with E-state index in [1.165, 1.54) is 0 Å². The Balaban J connectivity index is 2.02. The summed E-state index contributed by atoms with van der Waals surface area (Å²) in [5.74, 6) is 0.714. The van der Waals surface area contributed by atoms with Crippen molar-refractivity contribution in [3.8, 4) is 0 Å². The molecular formula is C15H23ClN2O. The first-order chi connectivity index (χ1) is 9.08. The first kappa shape index (κ1) is 14.6. The summed E-state index contributed by atoms with van der Waals surface area (Å²) >= 11 is 6.28. The molecule has 0 aromatic heterocycles. The fraction of sp³-hybridized carbons (Fsp3) is 0.600. The zero-order valence-electron chi connectivity index (χ0n) is 11.7. The van der Waals surface area contributed by atoms with Gasteiger partial charge in [0, 0.05) is 43.6 Å². The van der Waals surface area contributed by atoms with E-state index < -0.39 is 0 Å². The molecule has 2 N–H and O–H groups in total. The summed E-state index contributed by atoms with van der Waals surface area (Å²) in [6.45, 7) is 4.79. The average molecular weight is 283 g/mol. The van der Waals surface area contributed by atoms with Gasteiger partial charge in [-0.25, -0.2) is 0 Å². The highest BCUT2D eigenvalue weighted by Gasteiger charge is 2.16. The molecule has 1 saturated heterocycles. The second kappa shape index (κ2) is 6.60. The first-order valence-electron chi connectivity index (χ1n) is 6.92. The van der Waals surface area contributed by atoms with E-state index in [4.69, 9.17) is 22.1 Å². The number of nitrogens with two attached hydrogens (primary N) is 1. The van der Waals surface area contributed by atoms with E-state index in [-0.39, 0.29) is 6.04 Å². The van der Waals surface area contributed by atoms with E-state index in [0.717, 1.165) is 48.9 Å². The van der Waals surface area contributed by atoms with Crippen molar-refractivity contribution in [1.82, 2.24) is 0 Å². The van der Waals surface area contributed by atoms with Crippen LogP contribution in [0.1, 0.15) is 31.4 Å². The molecule has 0 bridgehead atoms. The zero-order valence-corrected chi connectivity index (χ0v) is 12.5. The monoisotopic (exact) mass is 282 g/mol. The van der Waals surface area contributed by atoms with E-state index in [2.05, 4.69) is 18.0 Å². The third-order valence-electron chi connectivity index (χ3n) is 3.79. The third-order valence-corrected chi connectivity index (χ3v) is 4.12. The molecule has 1 fully saturated rings. The number of halogens is 1. The second-order valence-electron chi connectivity index (χ2n) is 5.43. The molecule has 1 heterocycles. The molecular weight excluding hydrogens is 260 g/mol. The minimum atomic E-state index is -0.0256. The maximum Gasteiger partial charge on any atom is 0.0474 e. The summed E-state index contributed by atoms with van der Waals surface area (Å²) in [7, 11) is 2.12.